The molecule has 22 heavy (non-hydrogen) atoms. The van der Waals surface area contributed by atoms with E-state index in [4.69, 9.17) is 4.42 Å². The summed E-state index contributed by atoms with van der Waals surface area (Å²) in [6.07, 6.45) is 1.69. The van der Waals surface area contributed by atoms with Crippen molar-refractivity contribution in [1.82, 2.24) is 20.1 Å². The maximum absolute atomic E-state index is 12.2. The highest BCUT2D eigenvalue weighted by Gasteiger charge is 2.21. The van der Waals surface area contributed by atoms with Gasteiger partial charge in [-0.1, -0.05) is 0 Å². The van der Waals surface area contributed by atoms with Crippen LogP contribution in [0.25, 0.3) is 0 Å². The first-order chi connectivity index (χ1) is 10.7. The second kappa shape index (κ2) is 6.93. The molecule has 2 aromatic rings. The summed E-state index contributed by atoms with van der Waals surface area (Å²) >= 11 is 1.58. The van der Waals surface area contributed by atoms with Gasteiger partial charge in [0.15, 0.2) is 0 Å². The molecule has 1 fully saturated rings. The summed E-state index contributed by atoms with van der Waals surface area (Å²) in [5.41, 5.74) is 1.00. The second-order valence-electron chi connectivity index (χ2n) is 5.38. The van der Waals surface area contributed by atoms with Crippen LogP contribution < -0.4 is 5.32 Å². The number of urea groups is 1. The molecule has 0 atom stereocenters. The van der Waals surface area contributed by atoms with Gasteiger partial charge in [-0.25, -0.2) is 9.78 Å². The molecule has 0 unspecified atom stereocenters. The normalized spacial score (nSPS) is 16.0. The van der Waals surface area contributed by atoms with Gasteiger partial charge in [0.05, 0.1) is 19.4 Å². The number of amides is 2. The molecular weight excluding hydrogens is 300 g/mol. The molecule has 0 saturated carbocycles. The van der Waals surface area contributed by atoms with Crippen LogP contribution in [0.4, 0.5) is 4.79 Å². The average Bonchev–Trinajstić information content (AvgIpc) is 3.17. The lowest BCUT2D eigenvalue weighted by Gasteiger charge is -2.34. The van der Waals surface area contributed by atoms with Crippen LogP contribution >= 0.6 is 11.3 Å². The van der Waals surface area contributed by atoms with Crippen molar-refractivity contribution in [2.24, 2.45) is 0 Å². The fourth-order valence-corrected chi connectivity index (χ4v) is 3.19. The molecule has 118 valence electrons. The molecule has 3 heterocycles. The zero-order valence-electron chi connectivity index (χ0n) is 12.6. The van der Waals surface area contributed by atoms with Crippen molar-refractivity contribution in [3.63, 3.8) is 0 Å². The number of thiazole rings is 1. The van der Waals surface area contributed by atoms with E-state index >= 15 is 0 Å². The van der Waals surface area contributed by atoms with E-state index in [2.05, 4.69) is 15.2 Å². The molecule has 0 bridgehead atoms. The molecule has 0 radical (unpaired) electrons. The number of carbonyl (C=O) groups is 1. The van der Waals surface area contributed by atoms with Gasteiger partial charge in [0, 0.05) is 37.3 Å². The van der Waals surface area contributed by atoms with Gasteiger partial charge in [-0.2, -0.15) is 0 Å². The van der Waals surface area contributed by atoms with E-state index in [1.807, 2.05) is 29.3 Å². The van der Waals surface area contributed by atoms with Crippen LogP contribution in [-0.2, 0) is 13.1 Å². The summed E-state index contributed by atoms with van der Waals surface area (Å²) in [5.74, 6) is 0.969. The van der Waals surface area contributed by atoms with Gasteiger partial charge in [0.2, 0.25) is 0 Å². The van der Waals surface area contributed by atoms with Crippen LogP contribution in [0.2, 0.25) is 0 Å². The van der Waals surface area contributed by atoms with Gasteiger partial charge < -0.3 is 14.6 Å². The monoisotopic (exact) mass is 320 g/mol. The van der Waals surface area contributed by atoms with Gasteiger partial charge in [-0.05, 0) is 19.1 Å². The summed E-state index contributed by atoms with van der Waals surface area (Å²) in [5, 5.41) is 5.88. The molecule has 1 aliphatic heterocycles. The van der Waals surface area contributed by atoms with Gasteiger partial charge in [0.1, 0.15) is 10.8 Å². The van der Waals surface area contributed by atoms with Crippen LogP contribution in [0.1, 0.15) is 16.5 Å². The molecule has 1 aliphatic rings. The molecule has 0 aliphatic carbocycles. The summed E-state index contributed by atoms with van der Waals surface area (Å²) in [7, 11) is 0. The Morgan fingerprint density at radius 3 is 2.86 bits per heavy atom. The first-order valence-electron chi connectivity index (χ1n) is 7.39. The van der Waals surface area contributed by atoms with Crippen LogP contribution in [-0.4, -0.2) is 47.0 Å². The van der Waals surface area contributed by atoms with E-state index in [-0.39, 0.29) is 6.03 Å². The highest BCUT2D eigenvalue weighted by atomic mass is 32.1. The smallest absolute Gasteiger partial charge is 0.317 e. The summed E-state index contributed by atoms with van der Waals surface area (Å²) in [6.45, 7) is 6.48. The number of nitrogens with zero attached hydrogens (tertiary/aromatic N) is 3. The number of furan rings is 1. The minimum absolute atomic E-state index is 0.00879. The lowest BCUT2D eigenvalue weighted by Crippen LogP contribution is -2.51. The van der Waals surface area contributed by atoms with Gasteiger partial charge in [0.25, 0.3) is 0 Å². The third-order valence-electron chi connectivity index (χ3n) is 3.68. The van der Waals surface area contributed by atoms with Gasteiger partial charge >= 0.3 is 6.03 Å². The van der Waals surface area contributed by atoms with Crippen molar-refractivity contribution in [2.45, 2.75) is 20.0 Å². The minimum atomic E-state index is -0.00879. The van der Waals surface area contributed by atoms with Gasteiger partial charge in [-0.15, -0.1) is 11.3 Å². The standard InChI is InChI=1S/C15H20N4O2S/c1-12-11-22-14(17-12)9-16-15(20)19-6-4-18(5-7-19)10-13-3-2-8-21-13/h2-3,8,11H,4-7,9-10H2,1H3,(H,16,20). The van der Waals surface area contributed by atoms with E-state index in [1.165, 1.54) is 0 Å². The van der Waals surface area contributed by atoms with Crippen LogP contribution in [0.5, 0.6) is 0 Å². The second-order valence-corrected chi connectivity index (χ2v) is 6.33. The highest BCUT2D eigenvalue weighted by molar-refractivity contribution is 7.09. The molecular formula is C15H20N4O2S. The van der Waals surface area contributed by atoms with Crippen molar-refractivity contribution in [1.29, 1.82) is 0 Å². The molecule has 2 amide bonds. The molecule has 1 saturated heterocycles. The number of aryl methyl sites for hydroxylation is 1. The maximum Gasteiger partial charge on any atom is 0.317 e. The zero-order chi connectivity index (χ0) is 15.4. The quantitative estimate of drug-likeness (QED) is 0.937. The Hall–Kier alpha value is -1.86. The molecule has 6 nitrogen and oxygen atoms in total. The molecule has 0 spiro atoms. The number of rotatable bonds is 4. The first-order valence-corrected chi connectivity index (χ1v) is 8.27. The summed E-state index contributed by atoms with van der Waals surface area (Å²) < 4.78 is 5.36. The zero-order valence-corrected chi connectivity index (χ0v) is 13.4. The van der Waals surface area contributed by atoms with E-state index in [0.29, 0.717) is 6.54 Å². The van der Waals surface area contributed by atoms with E-state index < -0.39 is 0 Å². The first kappa shape index (κ1) is 15.1. The van der Waals surface area contributed by atoms with Crippen LogP contribution in [0.3, 0.4) is 0 Å². The molecule has 1 N–H and O–H groups in total. The van der Waals surface area contributed by atoms with Crippen molar-refractivity contribution in [2.75, 3.05) is 26.2 Å². The predicted octanol–water partition coefficient (Wildman–Crippen LogP) is 2.07. The topological polar surface area (TPSA) is 61.6 Å². The minimum Gasteiger partial charge on any atom is -0.468 e. The van der Waals surface area contributed by atoms with Crippen molar-refractivity contribution in [3.8, 4) is 0 Å². The average molecular weight is 320 g/mol. The largest absolute Gasteiger partial charge is 0.468 e. The lowest BCUT2D eigenvalue weighted by atomic mass is 10.3. The Kier molecular flexibility index (Phi) is 4.74. The summed E-state index contributed by atoms with van der Waals surface area (Å²) in [4.78, 5) is 20.7. The Balaban J connectivity index is 1.41. The van der Waals surface area contributed by atoms with E-state index in [9.17, 15) is 4.79 Å². The Morgan fingerprint density at radius 1 is 1.41 bits per heavy atom. The number of aromatic nitrogens is 1. The van der Waals surface area contributed by atoms with Crippen LogP contribution in [0.15, 0.2) is 28.2 Å². The summed E-state index contributed by atoms with van der Waals surface area (Å²) in [6, 6.07) is 3.87. The number of hydrogen-bond donors (Lipinski definition) is 1. The predicted molar refractivity (Wildman–Crippen MR) is 84.6 cm³/mol. The Bertz CT molecular complexity index is 603. The van der Waals surface area contributed by atoms with E-state index in [1.54, 1.807) is 17.6 Å². The third kappa shape index (κ3) is 3.86. The maximum atomic E-state index is 12.2. The number of piperazine rings is 1. The van der Waals surface area contributed by atoms with Crippen molar-refractivity contribution >= 4 is 17.4 Å². The highest BCUT2D eigenvalue weighted by Crippen LogP contribution is 2.10. The Labute approximate surface area is 133 Å². The number of carbonyl (C=O) groups excluding carboxylic acids is 1. The lowest BCUT2D eigenvalue weighted by molar-refractivity contribution is 0.130. The fourth-order valence-electron chi connectivity index (χ4n) is 2.48. The molecule has 3 rings (SSSR count). The molecule has 2 aromatic heterocycles. The number of nitrogens with one attached hydrogen (secondary N) is 1. The number of hydrogen-bond acceptors (Lipinski definition) is 5. The Morgan fingerprint density at radius 2 is 2.23 bits per heavy atom. The van der Waals surface area contributed by atoms with E-state index in [0.717, 1.165) is 49.2 Å². The molecule has 7 heteroatoms. The molecule has 0 aromatic carbocycles. The van der Waals surface area contributed by atoms with Crippen LogP contribution in [0, 0.1) is 6.92 Å². The van der Waals surface area contributed by atoms with Gasteiger partial charge in [-0.3, -0.25) is 4.90 Å². The SMILES string of the molecule is Cc1csc(CNC(=O)N2CCN(Cc3ccco3)CC2)n1. The van der Waals surface area contributed by atoms with Crippen molar-refractivity contribution < 1.29 is 9.21 Å². The van der Waals surface area contributed by atoms with Crippen molar-refractivity contribution in [3.05, 3.63) is 40.2 Å². The third-order valence-corrected chi connectivity index (χ3v) is 4.64. The fraction of sp³-hybridized carbons (Fsp3) is 0.467.